The first-order chi connectivity index (χ1) is 2.50. The molecule has 0 aromatic heterocycles. The molecule has 1 saturated heterocycles. The number of rotatable bonds is 0. The predicted molar refractivity (Wildman–Crippen MR) is 25.8 cm³/mol. The van der Waals surface area contributed by atoms with Crippen LogP contribution in [-0.4, -0.2) is 21.6 Å². The van der Waals surface area contributed by atoms with E-state index in [0.717, 1.165) is 13.2 Å². The topological polar surface area (TPSA) is 9.23 Å². The Balaban J connectivity index is -0.0000000312. The molecule has 0 aromatic carbocycles. The molecule has 0 unspecified atom stereocenters. The van der Waals surface area contributed by atoms with Crippen LogP contribution < -0.4 is 50.9 Å². The van der Waals surface area contributed by atoms with Crippen molar-refractivity contribution >= 4 is 8.41 Å². The van der Waals surface area contributed by atoms with Gasteiger partial charge in [0.2, 0.25) is 0 Å². The molecule has 1 rings (SSSR count). The standard InChI is InChI=1S/C4H8O.B.3BrH/c1-2-4-5-3-1;;;;/h1-4H2;;3*1H/q;+3;;;/p-3. The summed E-state index contributed by atoms with van der Waals surface area (Å²) in [5.74, 6) is 0. The smallest absolute Gasteiger partial charge is 1.00 e. The SMILES string of the molecule is C1CCOC1.[B+3].[Br-].[Br-].[Br-]. The van der Waals surface area contributed by atoms with Crippen LogP contribution in [0.3, 0.4) is 0 Å². The molecule has 0 aromatic rings. The molecule has 1 fully saturated rings. The Hall–Kier alpha value is 1.46. The normalized spacial score (nSPS) is 13.3. The first-order valence-electron chi connectivity index (χ1n) is 2.08. The molecular formula is C4H8BBr3O. The summed E-state index contributed by atoms with van der Waals surface area (Å²) in [4.78, 5) is 0. The molecule has 0 saturated carbocycles. The molecule has 1 aliphatic heterocycles. The van der Waals surface area contributed by atoms with Gasteiger partial charge in [0.1, 0.15) is 0 Å². The maximum absolute atomic E-state index is 4.94. The number of hydrogen-bond acceptors (Lipinski definition) is 1. The second-order valence-electron chi connectivity index (χ2n) is 1.32. The van der Waals surface area contributed by atoms with Gasteiger partial charge in [-0.25, -0.2) is 0 Å². The third kappa shape index (κ3) is 12.6. The summed E-state index contributed by atoms with van der Waals surface area (Å²) in [6.45, 7) is 2.00. The molecule has 54 valence electrons. The van der Waals surface area contributed by atoms with Crippen LogP contribution in [0.2, 0.25) is 0 Å². The third-order valence-electron chi connectivity index (χ3n) is 0.827. The zero-order valence-electron chi connectivity index (χ0n) is 4.95. The molecule has 0 amide bonds. The molecule has 1 heterocycles. The maximum atomic E-state index is 4.94. The largest absolute Gasteiger partial charge is 3.00 e. The van der Waals surface area contributed by atoms with Gasteiger partial charge in [-0.15, -0.1) is 0 Å². The maximum Gasteiger partial charge on any atom is 3.00 e. The number of ether oxygens (including phenoxy) is 1. The van der Waals surface area contributed by atoms with Gasteiger partial charge in [-0.3, -0.25) is 0 Å². The summed E-state index contributed by atoms with van der Waals surface area (Å²) in [6.07, 6.45) is 2.56. The fraction of sp³-hybridized carbons (Fsp3) is 1.00. The van der Waals surface area contributed by atoms with E-state index in [1.807, 2.05) is 0 Å². The summed E-state index contributed by atoms with van der Waals surface area (Å²) >= 11 is 0. The van der Waals surface area contributed by atoms with Crippen LogP contribution in [0.25, 0.3) is 0 Å². The fourth-order valence-corrected chi connectivity index (χ4v) is 0.510. The Morgan fingerprint density at radius 3 is 1.22 bits per heavy atom. The molecule has 0 N–H and O–H groups in total. The average Bonchev–Trinajstić information content (AvgIpc) is 1.76. The van der Waals surface area contributed by atoms with Crippen molar-refractivity contribution in [3.05, 3.63) is 0 Å². The minimum Gasteiger partial charge on any atom is -1.00 e. The fourth-order valence-electron chi connectivity index (χ4n) is 0.510. The van der Waals surface area contributed by atoms with E-state index in [-0.39, 0.29) is 59.4 Å². The van der Waals surface area contributed by atoms with Gasteiger partial charge in [-0.2, -0.15) is 0 Å². The Kier molecular flexibility index (Phi) is 40.4. The molecule has 1 aliphatic rings. The Morgan fingerprint density at radius 2 is 1.11 bits per heavy atom. The van der Waals surface area contributed by atoms with Crippen LogP contribution in [0.1, 0.15) is 12.8 Å². The summed E-state index contributed by atoms with van der Waals surface area (Å²) in [5.41, 5.74) is 0. The Morgan fingerprint density at radius 1 is 0.778 bits per heavy atom. The van der Waals surface area contributed by atoms with Crippen LogP contribution in [0, 0.1) is 0 Å². The van der Waals surface area contributed by atoms with Gasteiger partial charge in [0, 0.05) is 13.2 Å². The molecule has 0 atom stereocenters. The first kappa shape index (κ1) is 22.4. The molecule has 9 heavy (non-hydrogen) atoms. The minimum absolute atomic E-state index is 0. The third-order valence-corrected chi connectivity index (χ3v) is 0.827. The van der Waals surface area contributed by atoms with Gasteiger partial charge in [-0.1, -0.05) is 0 Å². The van der Waals surface area contributed by atoms with E-state index in [1.54, 1.807) is 0 Å². The van der Waals surface area contributed by atoms with Gasteiger partial charge in [0.15, 0.2) is 0 Å². The molecule has 0 radical (unpaired) electrons. The molecule has 0 bridgehead atoms. The van der Waals surface area contributed by atoms with Crippen molar-refractivity contribution in [1.29, 1.82) is 0 Å². The van der Waals surface area contributed by atoms with E-state index in [0.29, 0.717) is 0 Å². The van der Waals surface area contributed by atoms with Crippen molar-refractivity contribution in [2.75, 3.05) is 13.2 Å². The summed E-state index contributed by atoms with van der Waals surface area (Å²) in [6, 6.07) is 0. The predicted octanol–water partition coefficient (Wildman–Crippen LogP) is -8.57. The number of halogens is 3. The summed E-state index contributed by atoms with van der Waals surface area (Å²) in [5, 5.41) is 0. The molecule has 5 heteroatoms. The van der Waals surface area contributed by atoms with Gasteiger partial charge in [0.25, 0.3) is 0 Å². The molecular weight excluding hydrogens is 315 g/mol. The summed E-state index contributed by atoms with van der Waals surface area (Å²) in [7, 11) is 0. The first-order valence-corrected chi connectivity index (χ1v) is 2.08. The van der Waals surface area contributed by atoms with Crippen LogP contribution in [0.15, 0.2) is 0 Å². The zero-order valence-corrected chi connectivity index (χ0v) is 9.71. The van der Waals surface area contributed by atoms with Crippen LogP contribution in [0.5, 0.6) is 0 Å². The minimum atomic E-state index is 0. The van der Waals surface area contributed by atoms with Crippen LogP contribution >= 0.6 is 0 Å². The Labute approximate surface area is 89.8 Å². The van der Waals surface area contributed by atoms with Gasteiger partial charge < -0.3 is 55.7 Å². The molecule has 0 spiro atoms. The quantitative estimate of drug-likeness (QED) is 0.403. The van der Waals surface area contributed by atoms with E-state index < -0.39 is 0 Å². The second-order valence-corrected chi connectivity index (χ2v) is 1.32. The average molecular weight is 323 g/mol. The van der Waals surface area contributed by atoms with Crippen LogP contribution in [-0.2, 0) is 4.74 Å². The summed E-state index contributed by atoms with van der Waals surface area (Å²) < 4.78 is 4.94. The van der Waals surface area contributed by atoms with E-state index in [4.69, 9.17) is 4.74 Å². The van der Waals surface area contributed by atoms with E-state index in [1.165, 1.54) is 12.8 Å². The van der Waals surface area contributed by atoms with Gasteiger partial charge in [-0.05, 0) is 12.8 Å². The van der Waals surface area contributed by atoms with Crippen molar-refractivity contribution < 1.29 is 55.7 Å². The van der Waals surface area contributed by atoms with Crippen LogP contribution in [0.4, 0.5) is 0 Å². The monoisotopic (exact) mass is 320 g/mol. The van der Waals surface area contributed by atoms with Crippen molar-refractivity contribution in [3.8, 4) is 0 Å². The van der Waals surface area contributed by atoms with Crippen molar-refractivity contribution in [1.82, 2.24) is 0 Å². The second kappa shape index (κ2) is 16.2. The van der Waals surface area contributed by atoms with E-state index in [9.17, 15) is 0 Å². The zero-order chi connectivity index (χ0) is 3.54. The van der Waals surface area contributed by atoms with Gasteiger partial charge in [0.05, 0.1) is 0 Å². The van der Waals surface area contributed by atoms with Crippen molar-refractivity contribution in [2.45, 2.75) is 12.8 Å². The van der Waals surface area contributed by atoms with Crippen molar-refractivity contribution in [2.24, 2.45) is 0 Å². The Bertz CT molecular complexity index is 27.4. The molecule has 0 aliphatic carbocycles. The van der Waals surface area contributed by atoms with Gasteiger partial charge >= 0.3 is 8.41 Å². The molecule has 1 nitrogen and oxygen atoms in total. The van der Waals surface area contributed by atoms with E-state index in [2.05, 4.69) is 0 Å². The van der Waals surface area contributed by atoms with Crippen molar-refractivity contribution in [3.63, 3.8) is 0 Å². The van der Waals surface area contributed by atoms with E-state index >= 15 is 0 Å². The number of hydrogen-bond donors (Lipinski definition) is 0.